The molecule has 3 N–H and O–H groups in total. The highest BCUT2D eigenvalue weighted by molar-refractivity contribution is 5.42. The van der Waals surface area contributed by atoms with E-state index in [0.29, 0.717) is 11.5 Å². The van der Waals surface area contributed by atoms with Gasteiger partial charge in [0.1, 0.15) is 11.9 Å². The number of nitrogens with two attached hydrogens (primary N) is 1. The number of nitrogen functional groups attached to an aromatic ring is 1. The molecule has 1 heterocycles. The number of hydrogen-bond acceptors (Lipinski definition) is 3. The van der Waals surface area contributed by atoms with Crippen molar-refractivity contribution in [1.82, 2.24) is 9.55 Å². The van der Waals surface area contributed by atoms with Gasteiger partial charge in [0.2, 0.25) is 0 Å². The molecule has 0 radical (unpaired) electrons. The summed E-state index contributed by atoms with van der Waals surface area (Å²) in [5.74, 6) is 0.612. The van der Waals surface area contributed by atoms with Crippen LogP contribution in [0.5, 0.6) is 0 Å². The molecule has 0 aliphatic heterocycles. The van der Waals surface area contributed by atoms with E-state index in [1.807, 2.05) is 19.2 Å². The molecule has 0 aliphatic rings. The zero-order valence-corrected chi connectivity index (χ0v) is 8.46. The number of aryl methyl sites for hydroxylation is 1. The van der Waals surface area contributed by atoms with Gasteiger partial charge in [0.15, 0.2) is 0 Å². The Bertz CT molecular complexity index is 464. The molecule has 2 rings (SSSR count). The molecule has 1 atom stereocenters. The van der Waals surface area contributed by atoms with Gasteiger partial charge in [0, 0.05) is 25.1 Å². The van der Waals surface area contributed by atoms with E-state index in [4.69, 9.17) is 5.73 Å². The SMILES string of the molecule is Cn1ccnc1C(O)c1cccc(N)c1. The number of anilines is 1. The van der Waals surface area contributed by atoms with E-state index in [-0.39, 0.29) is 0 Å². The molecule has 2 aromatic rings. The molecule has 1 unspecified atom stereocenters. The number of nitrogens with zero attached hydrogens (tertiary/aromatic N) is 2. The van der Waals surface area contributed by atoms with Gasteiger partial charge in [-0.2, -0.15) is 0 Å². The largest absolute Gasteiger partial charge is 0.399 e. The molecule has 78 valence electrons. The Morgan fingerprint density at radius 1 is 1.47 bits per heavy atom. The van der Waals surface area contributed by atoms with Crippen LogP contribution in [0.2, 0.25) is 0 Å². The first-order valence-electron chi connectivity index (χ1n) is 4.69. The molecule has 1 aromatic heterocycles. The van der Waals surface area contributed by atoms with E-state index in [1.165, 1.54) is 0 Å². The number of hydrogen-bond donors (Lipinski definition) is 2. The summed E-state index contributed by atoms with van der Waals surface area (Å²) >= 11 is 0. The molecule has 15 heavy (non-hydrogen) atoms. The Morgan fingerprint density at radius 2 is 2.27 bits per heavy atom. The second kappa shape index (κ2) is 3.74. The molecule has 0 bridgehead atoms. The van der Waals surface area contributed by atoms with E-state index in [9.17, 15) is 5.11 Å². The predicted octanol–water partition coefficient (Wildman–Crippen LogP) is 1.08. The normalized spacial score (nSPS) is 12.7. The van der Waals surface area contributed by atoms with Crippen molar-refractivity contribution >= 4 is 5.69 Å². The third kappa shape index (κ3) is 1.85. The van der Waals surface area contributed by atoms with Crippen LogP contribution in [-0.4, -0.2) is 14.7 Å². The smallest absolute Gasteiger partial charge is 0.142 e. The summed E-state index contributed by atoms with van der Waals surface area (Å²) in [7, 11) is 1.85. The standard InChI is InChI=1S/C11H13N3O/c1-14-6-5-13-11(14)10(15)8-3-2-4-9(12)7-8/h2-7,10,15H,12H2,1H3. The van der Waals surface area contributed by atoms with E-state index in [0.717, 1.165) is 5.56 Å². The topological polar surface area (TPSA) is 64.1 Å². The van der Waals surface area contributed by atoms with Crippen LogP contribution in [0.15, 0.2) is 36.7 Å². The number of aliphatic hydroxyl groups excluding tert-OH is 1. The maximum Gasteiger partial charge on any atom is 0.142 e. The van der Waals surface area contributed by atoms with Gasteiger partial charge >= 0.3 is 0 Å². The highest BCUT2D eigenvalue weighted by atomic mass is 16.3. The Labute approximate surface area is 88.0 Å². The van der Waals surface area contributed by atoms with Crippen LogP contribution in [0, 0.1) is 0 Å². The van der Waals surface area contributed by atoms with Crippen LogP contribution in [0.25, 0.3) is 0 Å². The lowest BCUT2D eigenvalue weighted by molar-refractivity contribution is 0.206. The summed E-state index contributed by atoms with van der Waals surface area (Å²) in [4.78, 5) is 4.09. The first-order valence-corrected chi connectivity index (χ1v) is 4.69. The second-order valence-corrected chi connectivity index (χ2v) is 3.47. The van der Waals surface area contributed by atoms with Crippen molar-refractivity contribution in [1.29, 1.82) is 0 Å². The number of imidazole rings is 1. The lowest BCUT2D eigenvalue weighted by Crippen LogP contribution is -2.07. The van der Waals surface area contributed by atoms with E-state index >= 15 is 0 Å². The Balaban J connectivity index is 2.36. The minimum Gasteiger partial charge on any atom is -0.399 e. The number of rotatable bonds is 2. The molecule has 0 saturated carbocycles. The average molecular weight is 203 g/mol. The highest BCUT2D eigenvalue weighted by Gasteiger charge is 2.14. The number of aromatic nitrogens is 2. The average Bonchev–Trinajstić information content (AvgIpc) is 2.63. The van der Waals surface area contributed by atoms with E-state index < -0.39 is 6.10 Å². The molecule has 0 saturated heterocycles. The molecule has 4 nitrogen and oxygen atoms in total. The van der Waals surface area contributed by atoms with Gasteiger partial charge in [-0.15, -0.1) is 0 Å². The zero-order valence-electron chi connectivity index (χ0n) is 8.46. The van der Waals surface area contributed by atoms with Gasteiger partial charge in [0.25, 0.3) is 0 Å². The lowest BCUT2D eigenvalue weighted by atomic mass is 10.1. The predicted molar refractivity (Wildman–Crippen MR) is 58.1 cm³/mol. The molecule has 0 aliphatic carbocycles. The van der Waals surface area contributed by atoms with Crippen LogP contribution in [-0.2, 0) is 7.05 Å². The number of aliphatic hydroxyl groups is 1. The summed E-state index contributed by atoms with van der Waals surface area (Å²) in [5.41, 5.74) is 7.04. The molecule has 0 fully saturated rings. The summed E-state index contributed by atoms with van der Waals surface area (Å²) in [6, 6.07) is 7.18. The molecular weight excluding hydrogens is 190 g/mol. The molecule has 1 aromatic carbocycles. The van der Waals surface area contributed by atoms with Crippen molar-refractivity contribution in [3.63, 3.8) is 0 Å². The zero-order chi connectivity index (χ0) is 10.8. The van der Waals surface area contributed by atoms with Gasteiger partial charge < -0.3 is 15.4 Å². The Morgan fingerprint density at radius 3 is 2.87 bits per heavy atom. The van der Waals surface area contributed by atoms with Crippen LogP contribution >= 0.6 is 0 Å². The molecular formula is C11H13N3O. The summed E-state index contributed by atoms with van der Waals surface area (Å²) in [5, 5.41) is 10.0. The van der Waals surface area contributed by atoms with E-state index in [1.54, 1.807) is 29.1 Å². The van der Waals surface area contributed by atoms with Crippen LogP contribution in [0.4, 0.5) is 5.69 Å². The first-order chi connectivity index (χ1) is 7.18. The summed E-state index contributed by atoms with van der Waals surface area (Å²) < 4.78 is 1.79. The minimum atomic E-state index is -0.728. The van der Waals surface area contributed by atoms with Crippen molar-refractivity contribution in [3.8, 4) is 0 Å². The van der Waals surface area contributed by atoms with Crippen molar-refractivity contribution < 1.29 is 5.11 Å². The molecule has 0 spiro atoms. The van der Waals surface area contributed by atoms with Gasteiger partial charge in [-0.25, -0.2) is 4.98 Å². The van der Waals surface area contributed by atoms with Gasteiger partial charge in [-0.1, -0.05) is 12.1 Å². The maximum absolute atomic E-state index is 10.0. The van der Waals surface area contributed by atoms with Crippen molar-refractivity contribution in [2.75, 3.05) is 5.73 Å². The molecule has 4 heteroatoms. The van der Waals surface area contributed by atoms with Crippen molar-refractivity contribution in [2.45, 2.75) is 6.10 Å². The van der Waals surface area contributed by atoms with Crippen molar-refractivity contribution in [3.05, 3.63) is 48.0 Å². The maximum atomic E-state index is 10.0. The van der Waals surface area contributed by atoms with Crippen LogP contribution in [0.1, 0.15) is 17.5 Å². The highest BCUT2D eigenvalue weighted by Crippen LogP contribution is 2.21. The fourth-order valence-corrected chi connectivity index (χ4v) is 1.52. The number of benzene rings is 1. The third-order valence-corrected chi connectivity index (χ3v) is 2.33. The quantitative estimate of drug-likeness (QED) is 0.718. The van der Waals surface area contributed by atoms with Gasteiger partial charge in [0.05, 0.1) is 0 Å². The van der Waals surface area contributed by atoms with Gasteiger partial charge in [-0.05, 0) is 17.7 Å². The van der Waals surface area contributed by atoms with Gasteiger partial charge in [-0.3, -0.25) is 0 Å². The third-order valence-electron chi connectivity index (χ3n) is 2.33. The van der Waals surface area contributed by atoms with Crippen molar-refractivity contribution in [2.24, 2.45) is 7.05 Å². The summed E-state index contributed by atoms with van der Waals surface area (Å²) in [6.07, 6.45) is 2.73. The Kier molecular flexibility index (Phi) is 2.43. The fourth-order valence-electron chi connectivity index (χ4n) is 1.52. The van der Waals surface area contributed by atoms with Crippen LogP contribution < -0.4 is 5.73 Å². The van der Waals surface area contributed by atoms with Crippen LogP contribution in [0.3, 0.4) is 0 Å². The monoisotopic (exact) mass is 203 g/mol. The van der Waals surface area contributed by atoms with E-state index in [2.05, 4.69) is 4.98 Å². The fraction of sp³-hybridized carbons (Fsp3) is 0.182. The molecule has 0 amide bonds. The minimum absolute atomic E-state index is 0.612. The summed E-state index contributed by atoms with van der Waals surface area (Å²) in [6.45, 7) is 0. The lowest BCUT2D eigenvalue weighted by Gasteiger charge is -2.11. The first kappa shape index (κ1) is 9.73. The second-order valence-electron chi connectivity index (χ2n) is 3.47. The Hall–Kier alpha value is -1.81.